The SMILES string of the molecule is CCOC(=O)c1ccc(/C=C2\SC(=Nc3ccc(C)cc3)N(Cc3ccccc3)C2=O)cc1. The van der Waals surface area contributed by atoms with Crippen LogP contribution in [0.2, 0.25) is 0 Å². The highest BCUT2D eigenvalue weighted by Crippen LogP contribution is 2.35. The van der Waals surface area contributed by atoms with Gasteiger partial charge in [0, 0.05) is 0 Å². The van der Waals surface area contributed by atoms with Crippen LogP contribution < -0.4 is 0 Å². The summed E-state index contributed by atoms with van der Waals surface area (Å²) in [5.41, 5.74) is 4.30. The summed E-state index contributed by atoms with van der Waals surface area (Å²) < 4.78 is 5.03. The van der Waals surface area contributed by atoms with E-state index >= 15 is 0 Å². The molecule has 0 unspecified atom stereocenters. The Balaban J connectivity index is 1.63. The highest BCUT2D eigenvalue weighted by molar-refractivity contribution is 8.18. The Bertz CT molecular complexity index is 1200. The number of thioether (sulfide) groups is 1. The van der Waals surface area contributed by atoms with Gasteiger partial charge < -0.3 is 4.74 Å². The van der Waals surface area contributed by atoms with Gasteiger partial charge in [-0.25, -0.2) is 9.79 Å². The molecule has 33 heavy (non-hydrogen) atoms. The van der Waals surface area contributed by atoms with Crippen LogP contribution in [0, 0.1) is 6.92 Å². The van der Waals surface area contributed by atoms with E-state index in [9.17, 15) is 9.59 Å². The van der Waals surface area contributed by atoms with Gasteiger partial charge >= 0.3 is 5.97 Å². The Kier molecular flexibility index (Phi) is 7.05. The first kappa shape index (κ1) is 22.6. The second-order valence-electron chi connectivity index (χ2n) is 7.56. The van der Waals surface area contributed by atoms with E-state index in [1.54, 1.807) is 24.0 Å². The number of esters is 1. The summed E-state index contributed by atoms with van der Waals surface area (Å²) in [7, 11) is 0. The minimum absolute atomic E-state index is 0.0933. The lowest BCUT2D eigenvalue weighted by atomic mass is 10.1. The average Bonchev–Trinajstić information content (AvgIpc) is 3.10. The second kappa shape index (κ2) is 10.3. The molecular formula is C27H24N2O3S. The normalized spacial score (nSPS) is 15.9. The minimum atomic E-state index is -0.357. The van der Waals surface area contributed by atoms with E-state index in [4.69, 9.17) is 9.73 Å². The van der Waals surface area contributed by atoms with Crippen molar-refractivity contribution in [3.05, 3.63) is 106 Å². The summed E-state index contributed by atoms with van der Waals surface area (Å²) in [5.74, 6) is -0.450. The number of amidine groups is 1. The van der Waals surface area contributed by atoms with Crippen molar-refractivity contribution in [2.24, 2.45) is 4.99 Å². The number of benzene rings is 3. The van der Waals surface area contributed by atoms with E-state index < -0.39 is 0 Å². The molecule has 0 N–H and O–H groups in total. The molecule has 0 saturated carbocycles. The van der Waals surface area contributed by atoms with Gasteiger partial charge in [-0.05, 0) is 67.1 Å². The Morgan fingerprint density at radius 3 is 2.36 bits per heavy atom. The lowest BCUT2D eigenvalue weighted by Gasteiger charge is -2.15. The molecule has 1 aliphatic rings. The highest BCUT2D eigenvalue weighted by atomic mass is 32.2. The molecule has 3 aromatic carbocycles. The second-order valence-corrected chi connectivity index (χ2v) is 8.57. The van der Waals surface area contributed by atoms with Crippen molar-refractivity contribution in [2.45, 2.75) is 20.4 Å². The molecule has 0 aliphatic carbocycles. The molecule has 0 bridgehead atoms. The van der Waals surface area contributed by atoms with E-state index in [0.717, 1.165) is 22.4 Å². The number of aliphatic imine (C=N–C) groups is 1. The maximum Gasteiger partial charge on any atom is 0.338 e. The van der Waals surface area contributed by atoms with E-state index in [0.29, 0.717) is 28.8 Å². The number of aryl methyl sites for hydroxylation is 1. The summed E-state index contributed by atoms with van der Waals surface area (Å²) in [6.07, 6.45) is 1.83. The van der Waals surface area contributed by atoms with Gasteiger partial charge in [0.05, 0.1) is 29.3 Å². The molecule has 1 fully saturated rings. The van der Waals surface area contributed by atoms with Gasteiger partial charge in [0.15, 0.2) is 5.17 Å². The van der Waals surface area contributed by atoms with Crippen LogP contribution in [0.5, 0.6) is 0 Å². The van der Waals surface area contributed by atoms with Crippen LogP contribution in [0.1, 0.15) is 34.0 Å². The number of hydrogen-bond donors (Lipinski definition) is 0. The van der Waals surface area contributed by atoms with Crippen LogP contribution in [0.4, 0.5) is 5.69 Å². The highest BCUT2D eigenvalue weighted by Gasteiger charge is 2.33. The van der Waals surface area contributed by atoms with Gasteiger partial charge in [0.1, 0.15) is 0 Å². The third-order valence-corrected chi connectivity index (χ3v) is 6.06. The molecule has 1 amide bonds. The van der Waals surface area contributed by atoms with E-state index in [2.05, 4.69) is 0 Å². The van der Waals surface area contributed by atoms with Gasteiger partial charge in [0.25, 0.3) is 5.91 Å². The summed E-state index contributed by atoms with van der Waals surface area (Å²) in [5, 5.41) is 0.641. The van der Waals surface area contributed by atoms with Crippen LogP contribution in [-0.4, -0.2) is 28.6 Å². The molecule has 6 heteroatoms. The molecule has 0 spiro atoms. The maximum absolute atomic E-state index is 13.3. The van der Waals surface area contributed by atoms with E-state index in [1.165, 1.54) is 11.8 Å². The Hall–Kier alpha value is -3.64. The van der Waals surface area contributed by atoms with E-state index in [1.807, 2.05) is 79.7 Å². The lowest BCUT2D eigenvalue weighted by molar-refractivity contribution is -0.122. The Morgan fingerprint density at radius 1 is 1.00 bits per heavy atom. The van der Waals surface area contributed by atoms with Crippen molar-refractivity contribution in [1.82, 2.24) is 4.90 Å². The molecule has 3 aromatic rings. The summed E-state index contributed by atoms with van der Waals surface area (Å²) in [6, 6.07) is 24.8. The minimum Gasteiger partial charge on any atom is -0.462 e. The molecule has 0 radical (unpaired) electrons. The molecule has 1 aliphatic heterocycles. The van der Waals surface area contributed by atoms with Crippen LogP contribution >= 0.6 is 11.8 Å². The largest absolute Gasteiger partial charge is 0.462 e. The van der Waals surface area contributed by atoms with Gasteiger partial charge in [0.2, 0.25) is 0 Å². The van der Waals surface area contributed by atoms with Crippen molar-refractivity contribution in [3.63, 3.8) is 0 Å². The molecule has 5 nitrogen and oxygen atoms in total. The zero-order valence-corrected chi connectivity index (χ0v) is 19.3. The van der Waals surface area contributed by atoms with Crippen molar-refractivity contribution >= 4 is 40.6 Å². The zero-order chi connectivity index (χ0) is 23.2. The zero-order valence-electron chi connectivity index (χ0n) is 18.5. The summed E-state index contributed by atoms with van der Waals surface area (Å²) in [4.78, 5) is 32.3. The monoisotopic (exact) mass is 456 g/mol. The molecule has 166 valence electrons. The van der Waals surface area contributed by atoms with Crippen LogP contribution in [-0.2, 0) is 16.1 Å². The molecule has 1 saturated heterocycles. The smallest absolute Gasteiger partial charge is 0.338 e. The molecule has 4 rings (SSSR count). The van der Waals surface area contributed by atoms with Gasteiger partial charge in [-0.3, -0.25) is 9.69 Å². The van der Waals surface area contributed by atoms with Gasteiger partial charge in [-0.2, -0.15) is 0 Å². The first-order valence-corrected chi connectivity index (χ1v) is 11.5. The van der Waals surface area contributed by atoms with Crippen molar-refractivity contribution < 1.29 is 14.3 Å². The molecule has 1 heterocycles. The lowest BCUT2D eigenvalue weighted by Crippen LogP contribution is -2.28. The number of carbonyl (C=O) groups excluding carboxylic acids is 2. The van der Waals surface area contributed by atoms with Crippen LogP contribution in [0.15, 0.2) is 88.8 Å². The predicted molar refractivity (Wildman–Crippen MR) is 133 cm³/mol. The topological polar surface area (TPSA) is 59.0 Å². The van der Waals surface area contributed by atoms with E-state index in [-0.39, 0.29) is 11.9 Å². The number of hydrogen-bond acceptors (Lipinski definition) is 5. The Labute approximate surface area is 197 Å². The first-order chi connectivity index (χ1) is 16.0. The van der Waals surface area contributed by atoms with Gasteiger partial charge in [-0.15, -0.1) is 0 Å². The average molecular weight is 457 g/mol. The summed E-state index contributed by atoms with van der Waals surface area (Å²) in [6.45, 7) is 4.57. The number of nitrogens with zero attached hydrogens (tertiary/aromatic N) is 2. The molecule has 0 aromatic heterocycles. The molecular weight excluding hydrogens is 432 g/mol. The third-order valence-electron chi connectivity index (χ3n) is 5.05. The summed E-state index contributed by atoms with van der Waals surface area (Å²) >= 11 is 1.35. The van der Waals surface area contributed by atoms with Crippen molar-refractivity contribution in [2.75, 3.05) is 6.61 Å². The number of amides is 1. The quantitative estimate of drug-likeness (QED) is 0.338. The standard InChI is InChI=1S/C27H24N2O3S/c1-3-32-26(31)22-13-11-20(12-14-22)17-24-25(30)29(18-21-7-5-4-6-8-21)27(33-24)28-23-15-9-19(2)10-16-23/h4-17H,3,18H2,1-2H3/b24-17-,28-27?. The number of rotatable bonds is 6. The van der Waals surface area contributed by atoms with Crippen molar-refractivity contribution in [1.29, 1.82) is 0 Å². The predicted octanol–water partition coefficient (Wildman–Crippen LogP) is 5.98. The Morgan fingerprint density at radius 2 is 1.70 bits per heavy atom. The first-order valence-electron chi connectivity index (χ1n) is 10.7. The number of ether oxygens (including phenoxy) is 1. The van der Waals surface area contributed by atoms with Crippen molar-refractivity contribution in [3.8, 4) is 0 Å². The maximum atomic E-state index is 13.3. The van der Waals surface area contributed by atoms with Crippen LogP contribution in [0.3, 0.4) is 0 Å². The fourth-order valence-corrected chi connectivity index (χ4v) is 4.31. The third kappa shape index (κ3) is 5.59. The fraction of sp³-hybridized carbons (Fsp3) is 0.148. The number of carbonyl (C=O) groups is 2. The molecule has 0 atom stereocenters. The van der Waals surface area contributed by atoms with Crippen LogP contribution in [0.25, 0.3) is 6.08 Å². The fourth-order valence-electron chi connectivity index (χ4n) is 3.31. The van der Waals surface area contributed by atoms with Gasteiger partial charge in [-0.1, -0.05) is 60.2 Å².